The Bertz CT molecular complexity index is 358. The summed E-state index contributed by atoms with van der Waals surface area (Å²) in [6.07, 6.45) is -0.0930. The third-order valence-corrected chi connectivity index (χ3v) is 2.92. The topological polar surface area (TPSA) is 41.9 Å². The van der Waals surface area contributed by atoms with E-state index in [2.05, 4.69) is 4.90 Å². The van der Waals surface area contributed by atoms with Crippen LogP contribution in [0.15, 0.2) is 24.3 Å². The summed E-state index contributed by atoms with van der Waals surface area (Å²) in [5.41, 5.74) is 0. The van der Waals surface area contributed by atoms with E-state index in [4.69, 9.17) is 14.6 Å². The fourth-order valence-electron chi connectivity index (χ4n) is 1.92. The van der Waals surface area contributed by atoms with Crippen molar-refractivity contribution >= 4 is 0 Å². The van der Waals surface area contributed by atoms with Gasteiger partial charge in [0.1, 0.15) is 18.2 Å². The van der Waals surface area contributed by atoms with Crippen molar-refractivity contribution in [2.24, 2.45) is 0 Å². The first-order valence-electron chi connectivity index (χ1n) is 6.11. The zero-order valence-electron chi connectivity index (χ0n) is 10.2. The predicted molar refractivity (Wildman–Crippen MR) is 65.2 cm³/mol. The summed E-state index contributed by atoms with van der Waals surface area (Å²) in [5, 5.41) is 9.02. The highest BCUT2D eigenvalue weighted by Crippen LogP contribution is 2.11. The zero-order chi connectivity index (χ0) is 12.8. The lowest BCUT2D eigenvalue weighted by atomic mass is 10.3. The maximum atomic E-state index is 12.7. The Balaban J connectivity index is 1.70. The van der Waals surface area contributed by atoms with Crippen molar-refractivity contribution in [2.45, 2.75) is 6.10 Å². The Kier molecular flexibility index (Phi) is 4.92. The molecule has 1 aliphatic heterocycles. The van der Waals surface area contributed by atoms with Crippen LogP contribution in [-0.2, 0) is 4.74 Å². The lowest BCUT2D eigenvalue weighted by Crippen LogP contribution is -2.45. The third kappa shape index (κ3) is 3.94. The lowest BCUT2D eigenvalue weighted by Gasteiger charge is -2.31. The monoisotopic (exact) mass is 255 g/mol. The number of rotatable bonds is 5. The molecule has 2 rings (SSSR count). The van der Waals surface area contributed by atoms with Crippen molar-refractivity contribution in [3.8, 4) is 5.75 Å². The molecule has 0 aromatic heterocycles. The second-order valence-corrected chi connectivity index (χ2v) is 4.28. The predicted octanol–water partition coefficient (Wildman–Crippen LogP) is 0.898. The van der Waals surface area contributed by atoms with Crippen LogP contribution < -0.4 is 4.74 Å². The standard InChI is InChI=1S/C13H18FNO3/c14-11-1-3-12(4-2-11)17-7-5-15-6-8-18-13(9-15)10-16/h1-4,13,16H,5-10H2. The van der Waals surface area contributed by atoms with Crippen LogP contribution in [0.4, 0.5) is 4.39 Å². The minimum Gasteiger partial charge on any atom is -0.492 e. The van der Waals surface area contributed by atoms with E-state index >= 15 is 0 Å². The molecule has 18 heavy (non-hydrogen) atoms. The van der Waals surface area contributed by atoms with Gasteiger partial charge in [-0.15, -0.1) is 0 Å². The fourth-order valence-corrected chi connectivity index (χ4v) is 1.92. The first kappa shape index (κ1) is 13.3. The van der Waals surface area contributed by atoms with E-state index in [1.165, 1.54) is 12.1 Å². The molecule has 5 heteroatoms. The Labute approximate surface area is 106 Å². The summed E-state index contributed by atoms with van der Waals surface area (Å²) in [6, 6.07) is 5.99. The van der Waals surface area contributed by atoms with Crippen molar-refractivity contribution in [3.05, 3.63) is 30.1 Å². The summed E-state index contributed by atoms with van der Waals surface area (Å²) in [7, 11) is 0. The molecule has 1 fully saturated rings. The Hall–Kier alpha value is -1.17. The fraction of sp³-hybridized carbons (Fsp3) is 0.538. The Morgan fingerprint density at radius 2 is 2.17 bits per heavy atom. The summed E-state index contributed by atoms with van der Waals surface area (Å²) >= 11 is 0. The number of morpholine rings is 1. The number of aliphatic hydroxyl groups excluding tert-OH is 1. The van der Waals surface area contributed by atoms with Gasteiger partial charge in [0.2, 0.25) is 0 Å². The Morgan fingerprint density at radius 3 is 2.89 bits per heavy atom. The molecule has 0 bridgehead atoms. The van der Waals surface area contributed by atoms with Gasteiger partial charge in [-0.3, -0.25) is 4.90 Å². The number of hydrogen-bond acceptors (Lipinski definition) is 4. The second kappa shape index (κ2) is 6.68. The van der Waals surface area contributed by atoms with E-state index in [0.29, 0.717) is 19.0 Å². The zero-order valence-corrected chi connectivity index (χ0v) is 10.2. The van der Waals surface area contributed by atoms with Gasteiger partial charge in [-0.25, -0.2) is 4.39 Å². The normalized spacial score (nSPS) is 20.9. The van der Waals surface area contributed by atoms with Crippen LogP contribution in [0, 0.1) is 5.82 Å². The van der Waals surface area contributed by atoms with E-state index < -0.39 is 0 Å². The molecule has 1 heterocycles. The summed E-state index contributed by atoms with van der Waals surface area (Å²) in [4.78, 5) is 2.19. The molecule has 100 valence electrons. The first-order chi connectivity index (χ1) is 8.78. The highest BCUT2D eigenvalue weighted by molar-refractivity contribution is 5.21. The van der Waals surface area contributed by atoms with Crippen molar-refractivity contribution in [1.29, 1.82) is 0 Å². The van der Waals surface area contributed by atoms with Crippen LogP contribution >= 0.6 is 0 Å². The third-order valence-electron chi connectivity index (χ3n) is 2.92. The second-order valence-electron chi connectivity index (χ2n) is 4.28. The quantitative estimate of drug-likeness (QED) is 0.848. The molecule has 1 saturated heterocycles. The van der Waals surface area contributed by atoms with Crippen molar-refractivity contribution < 1.29 is 19.0 Å². The van der Waals surface area contributed by atoms with E-state index in [1.807, 2.05) is 0 Å². The van der Waals surface area contributed by atoms with Gasteiger partial charge < -0.3 is 14.6 Å². The average Bonchev–Trinajstić information content (AvgIpc) is 2.41. The number of halogens is 1. The van der Waals surface area contributed by atoms with Gasteiger partial charge >= 0.3 is 0 Å². The van der Waals surface area contributed by atoms with Crippen molar-refractivity contribution in [2.75, 3.05) is 39.5 Å². The number of hydrogen-bond donors (Lipinski definition) is 1. The summed E-state index contributed by atoms with van der Waals surface area (Å²) in [5.74, 6) is 0.407. The molecular weight excluding hydrogens is 237 g/mol. The molecule has 0 aliphatic carbocycles. The van der Waals surface area contributed by atoms with Crippen LogP contribution in [0.25, 0.3) is 0 Å². The van der Waals surface area contributed by atoms with Crippen molar-refractivity contribution in [1.82, 2.24) is 4.90 Å². The molecule has 0 amide bonds. The molecule has 1 atom stereocenters. The van der Waals surface area contributed by atoms with Gasteiger partial charge in [-0.1, -0.05) is 0 Å². The van der Waals surface area contributed by atoms with Crippen LogP contribution in [0.3, 0.4) is 0 Å². The van der Waals surface area contributed by atoms with Crippen LogP contribution in [0.1, 0.15) is 0 Å². The van der Waals surface area contributed by atoms with Gasteiger partial charge in [0.05, 0.1) is 19.3 Å². The van der Waals surface area contributed by atoms with Gasteiger partial charge in [-0.05, 0) is 24.3 Å². The molecule has 1 N–H and O–H groups in total. The maximum Gasteiger partial charge on any atom is 0.123 e. The first-order valence-corrected chi connectivity index (χ1v) is 6.11. The SMILES string of the molecule is OCC1CN(CCOc2ccc(F)cc2)CCO1. The van der Waals surface area contributed by atoms with Gasteiger partial charge in [0.15, 0.2) is 0 Å². The number of benzene rings is 1. The minimum atomic E-state index is -0.263. The Morgan fingerprint density at radius 1 is 1.39 bits per heavy atom. The molecule has 0 spiro atoms. The summed E-state index contributed by atoms with van der Waals surface area (Å²) in [6.45, 7) is 3.59. The number of nitrogens with zero attached hydrogens (tertiary/aromatic N) is 1. The number of ether oxygens (including phenoxy) is 2. The highest BCUT2D eigenvalue weighted by Gasteiger charge is 2.19. The minimum absolute atomic E-state index is 0.0509. The smallest absolute Gasteiger partial charge is 0.123 e. The van der Waals surface area contributed by atoms with Gasteiger partial charge in [0.25, 0.3) is 0 Å². The van der Waals surface area contributed by atoms with Crippen LogP contribution in [-0.4, -0.2) is 55.6 Å². The van der Waals surface area contributed by atoms with E-state index in [9.17, 15) is 4.39 Å². The maximum absolute atomic E-state index is 12.7. The van der Waals surface area contributed by atoms with E-state index in [1.54, 1.807) is 12.1 Å². The molecule has 0 radical (unpaired) electrons. The van der Waals surface area contributed by atoms with Crippen LogP contribution in [0.2, 0.25) is 0 Å². The van der Waals surface area contributed by atoms with Gasteiger partial charge in [-0.2, -0.15) is 0 Å². The van der Waals surface area contributed by atoms with E-state index in [0.717, 1.165) is 19.6 Å². The molecule has 0 saturated carbocycles. The molecule has 1 aliphatic rings. The van der Waals surface area contributed by atoms with Crippen LogP contribution in [0.5, 0.6) is 5.75 Å². The highest BCUT2D eigenvalue weighted by atomic mass is 19.1. The van der Waals surface area contributed by atoms with Crippen molar-refractivity contribution in [3.63, 3.8) is 0 Å². The molecule has 1 unspecified atom stereocenters. The molecule has 4 nitrogen and oxygen atoms in total. The largest absolute Gasteiger partial charge is 0.492 e. The lowest BCUT2D eigenvalue weighted by molar-refractivity contribution is -0.0547. The number of aliphatic hydroxyl groups is 1. The molecular formula is C13H18FNO3. The average molecular weight is 255 g/mol. The molecule has 1 aromatic carbocycles. The summed E-state index contributed by atoms with van der Waals surface area (Å²) < 4.78 is 23.6. The van der Waals surface area contributed by atoms with E-state index in [-0.39, 0.29) is 18.5 Å². The molecule has 1 aromatic rings. The van der Waals surface area contributed by atoms with Gasteiger partial charge in [0, 0.05) is 19.6 Å².